The average Bonchev–Trinajstić information content (AvgIpc) is 2.67. The van der Waals surface area contributed by atoms with Crippen molar-refractivity contribution in [3.05, 3.63) is 46.8 Å². The minimum Gasteiger partial charge on any atom is -0.444 e. The van der Waals surface area contributed by atoms with Gasteiger partial charge in [-0.05, 0) is 52.5 Å². The summed E-state index contributed by atoms with van der Waals surface area (Å²) in [5, 5.41) is 2.86. The van der Waals surface area contributed by atoms with Crippen LogP contribution in [0.25, 0.3) is 11.1 Å². The third-order valence-corrected chi connectivity index (χ3v) is 4.76. The van der Waals surface area contributed by atoms with Crippen LogP contribution in [0.5, 0.6) is 5.75 Å². The maximum absolute atomic E-state index is 12.4. The SMILES string of the molecule is CCC(=O)Oc1c(C)nc(CC(C)C)c(CNC(=O)OC(C)(C)C)c1-c1ccc(C)cc1. The van der Waals surface area contributed by atoms with Crippen molar-refractivity contribution in [3.8, 4) is 16.9 Å². The van der Waals surface area contributed by atoms with Gasteiger partial charge in [0.05, 0.1) is 5.69 Å². The summed E-state index contributed by atoms with van der Waals surface area (Å²) in [7, 11) is 0. The van der Waals surface area contributed by atoms with Crippen molar-refractivity contribution >= 4 is 12.1 Å². The summed E-state index contributed by atoms with van der Waals surface area (Å²) in [6.07, 6.45) is 0.481. The van der Waals surface area contributed by atoms with E-state index in [0.29, 0.717) is 17.4 Å². The molecule has 1 N–H and O–H groups in total. The molecule has 0 spiro atoms. The number of benzene rings is 1. The fourth-order valence-corrected chi connectivity index (χ4v) is 3.34. The lowest BCUT2D eigenvalue weighted by Gasteiger charge is -2.23. The van der Waals surface area contributed by atoms with Crippen molar-refractivity contribution in [2.24, 2.45) is 5.92 Å². The highest BCUT2D eigenvalue weighted by Crippen LogP contribution is 2.38. The molecule has 0 saturated carbocycles. The third kappa shape index (κ3) is 7.08. The number of ether oxygens (including phenoxy) is 2. The van der Waals surface area contributed by atoms with Crippen LogP contribution in [-0.2, 0) is 22.5 Å². The van der Waals surface area contributed by atoms with E-state index in [1.165, 1.54) is 0 Å². The van der Waals surface area contributed by atoms with Gasteiger partial charge in [0.2, 0.25) is 0 Å². The highest BCUT2D eigenvalue weighted by molar-refractivity contribution is 5.81. The number of nitrogens with zero attached hydrogens (tertiary/aromatic N) is 1. The van der Waals surface area contributed by atoms with E-state index in [1.54, 1.807) is 6.92 Å². The predicted octanol–water partition coefficient (Wildman–Crippen LogP) is 5.90. The van der Waals surface area contributed by atoms with Crippen LogP contribution in [-0.4, -0.2) is 22.6 Å². The molecule has 6 nitrogen and oxygen atoms in total. The van der Waals surface area contributed by atoms with E-state index in [9.17, 15) is 9.59 Å². The number of aryl methyl sites for hydroxylation is 2. The monoisotopic (exact) mass is 440 g/mol. The Hall–Kier alpha value is -2.89. The Morgan fingerprint density at radius 2 is 1.72 bits per heavy atom. The van der Waals surface area contributed by atoms with Crippen molar-refractivity contribution in [3.63, 3.8) is 0 Å². The number of carbonyl (C=O) groups excluding carboxylic acids is 2. The van der Waals surface area contributed by atoms with Crippen molar-refractivity contribution in [2.45, 2.75) is 80.4 Å². The Morgan fingerprint density at radius 1 is 1.09 bits per heavy atom. The summed E-state index contributed by atoms with van der Waals surface area (Å²) in [5.74, 6) is 0.470. The molecule has 0 unspecified atom stereocenters. The van der Waals surface area contributed by atoms with E-state index in [0.717, 1.165) is 34.4 Å². The second-order valence-electron chi connectivity index (χ2n) is 9.47. The summed E-state index contributed by atoms with van der Waals surface area (Å²) in [6.45, 7) is 15.6. The van der Waals surface area contributed by atoms with E-state index in [-0.39, 0.29) is 18.9 Å². The molecular weight excluding hydrogens is 404 g/mol. The molecule has 2 rings (SSSR count). The lowest BCUT2D eigenvalue weighted by Crippen LogP contribution is -2.32. The van der Waals surface area contributed by atoms with E-state index in [1.807, 2.05) is 58.9 Å². The molecule has 0 radical (unpaired) electrons. The number of aromatic nitrogens is 1. The molecule has 0 aliphatic carbocycles. The smallest absolute Gasteiger partial charge is 0.407 e. The molecule has 1 aromatic heterocycles. The molecule has 0 saturated heterocycles. The van der Waals surface area contributed by atoms with Crippen molar-refractivity contribution in [2.75, 3.05) is 0 Å². The van der Waals surface area contributed by atoms with Crippen molar-refractivity contribution in [1.29, 1.82) is 0 Å². The topological polar surface area (TPSA) is 77.5 Å². The van der Waals surface area contributed by atoms with E-state index in [2.05, 4.69) is 19.2 Å². The van der Waals surface area contributed by atoms with Crippen LogP contribution < -0.4 is 10.1 Å². The summed E-state index contributed by atoms with van der Waals surface area (Å²) in [6, 6.07) is 8.04. The van der Waals surface area contributed by atoms with Gasteiger partial charge in [0.25, 0.3) is 0 Å². The van der Waals surface area contributed by atoms with Gasteiger partial charge < -0.3 is 14.8 Å². The first-order valence-electron chi connectivity index (χ1n) is 11.2. The fourth-order valence-electron chi connectivity index (χ4n) is 3.34. The predicted molar refractivity (Wildman–Crippen MR) is 127 cm³/mol. The Labute approximate surface area is 191 Å². The third-order valence-electron chi connectivity index (χ3n) is 4.76. The van der Waals surface area contributed by atoms with Crippen LogP contribution in [0.3, 0.4) is 0 Å². The molecule has 0 aliphatic heterocycles. The van der Waals surface area contributed by atoms with Gasteiger partial charge in [-0.3, -0.25) is 9.78 Å². The molecule has 0 atom stereocenters. The summed E-state index contributed by atoms with van der Waals surface area (Å²) in [5.41, 5.74) is 4.58. The maximum atomic E-state index is 12.4. The van der Waals surface area contributed by atoms with Crippen LogP contribution in [0.2, 0.25) is 0 Å². The average molecular weight is 441 g/mol. The fraction of sp³-hybridized carbons (Fsp3) is 0.500. The van der Waals surface area contributed by atoms with Gasteiger partial charge in [-0.25, -0.2) is 4.79 Å². The van der Waals surface area contributed by atoms with Crippen LogP contribution in [0.15, 0.2) is 24.3 Å². The van der Waals surface area contributed by atoms with Crippen molar-refractivity contribution in [1.82, 2.24) is 10.3 Å². The number of hydrogen-bond acceptors (Lipinski definition) is 5. The number of pyridine rings is 1. The second-order valence-corrected chi connectivity index (χ2v) is 9.47. The normalized spacial score (nSPS) is 11.4. The summed E-state index contributed by atoms with van der Waals surface area (Å²) < 4.78 is 11.2. The quantitative estimate of drug-likeness (QED) is 0.542. The standard InChI is InChI=1S/C26H36N2O4/c1-9-22(29)31-24-18(5)28-21(14-16(2)3)20(15-27-25(30)32-26(6,7)8)23(24)19-12-10-17(4)11-13-19/h10-13,16H,9,14-15H2,1-8H3,(H,27,30). The Bertz CT molecular complexity index is 957. The van der Waals surface area contributed by atoms with E-state index < -0.39 is 11.7 Å². The molecule has 1 aromatic carbocycles. The minimum absolute atomic E-state index is 0.212. The van der Waals surface area contributed by atoms with Crippen LogP contribution in [0.4, 0.5) is 4.79 Å². The summed E-state index contributed by atoms with van der Waals surface area (Å²) >= 11 is 0. The first-order chi connectivity index (χ1) is 14.9. The molecule has 2 aromatic rings. The number of hydrogen-bond donors (Lipinski definition) is 1. The van der Waals surface area contributed by atoms with Gasteiger partial charge >= 0.3 is 12.1 Å². The van der Waals surface area contributed by atoms with Gasteiger partial charge in [-0.1, -0.05) is 50.6 Å². The minimum atomic E-state index is -0.599. The highest BCUT2D eigenvalue weighted by atomic mass is 16.6. The molecule has 0 bridgehead atoms. The number of carbonyl (C=O) groups is 2. The Morgan fingerprint density at radius 3 is 2.25 bits per heavy atom. The lowest BCUT2D eigenvalue weighted by molar-refractivity contribution is -0.134. The van der Waals surface area contributed by atoms with E-state index >= 15 is 0 Å². The number of nitrogens with one attached hydrogen (secondary N) is 1. The second kappa shape index (κ2) is 10.6. The van der Waals surface area contributed by atoms with Gasteiger partial charge in [-0.15, -0.1) is 0 Å². The number of alkyl carbamates (subject to hydrolysis) is 1. The highest BCUT2D eigenvalue weighted by Gasteiger charge is 2.24. The number of rotatable bonds is 7. The molecule has 1 heterocycles. The van der Waals surface area contributed by atoms with Crippen molar-refractivity contribution < 1.29 is 19.1 Å². The molecule has 6 heteroatoms. The summed E-state index contributed by atoms with van der Waals surface area (Å²) in [4.78, 5) is 29.4. The maximum Gasteiger partial charge on any atom is 0.407 e. The Balaban J connectivity index is 2.66. The van der Waals surface area contributed by atoms with Gasteiger partial charge in [-0.2, -0.15) is 0 Å². The number of amides is 1. The zero-order chi connectivity index (χ0) is 24.1. The first kappa shape index (κ1) is 25.4. The number of esters is 1. The van der Waals surface area contributed by atoms with Gasteiger partial charge in [0.1, 0.15) is 5.60 Å². The van der Waals surface area contributed by atoms with Crippen LogP contribution in [0, 0.1) is 19.8 Å². The molecule has 174 valence electrons. The lowest BCUT2D eigenvalue weighted by atomic mass is 9.93. The Kier molecular flexibility index (Phi) is 8.42. The molecule has 1 amide bonds. The molecule has 32 heavy (non-hydrogen) atoms. The first-order valence-corrected chi connectivity index (χ1v) is 11.2. The van der Waals surface area contributed by atoms with Crippen LogP contribution in [0.1, 0.15) is 70.5 Å². The zero-order valence-corrected chi connectivity index (χ0v) is 20.6. The van der Waals surface area contributed by atoms with Gasteiger partial charge in [0.15, 0.2) is 5.75 Å². The molecule has 0 fully saturated rings. The van der Waals surface area contributed by atoms with E-state index in [4.69, 9.17) is 14.5 Å². The zero-order valence-electron chi connectivity index (χ0n) is 20.6. The largest absolute Gasteiger partial charge is 0.444 e. The molecule has 0 aliphatic rings. The van der Waals surface area contributed by atoms with Crippen LogP contribution >= 0.6 is 0 Å². The van der Waals surface area contributed by atoms with Gasteiger partial charge in [0, 0.05) is 29.8 Å². The molecular formula is C26H36N2O4.